The molecule has 0 bridgehead atoms. The lowest BCUT2D eigenvalue weighted by Crippen LogP contribution is -2.47. The van der Waals surface area contributed by atoms with Crippen molar-refractivity contribution in [3.8, 4) is 0 Å². The van der Waals surface area contributed by atoms with Crippen molar-refractivity contribution in [2.75, 3.05) is 7.11 Å². The van der Waals surface area contributed by atoms with Gasteiger partial charge in [-0.25, -0.2) is 9.59 Å². The van der Waals surface area contributed by atoms with Gasteiger partial charge in [-0.05, 0) is 39.2 Å². The molecule has 0 aliphatic carbocycles. The van der Waals surface area contributed by atoms with Gasteiger partial charge in [-0.3, -0.25) is 9.69 Å². The molecule has 0 unspecified atom stereocenters. The molecule has 148 valence electrons. The highest BCUT2D eigenvalue weighted by molar-refractivity contribution is 5.83. The van der Waals surface area contributed by atoms with Crippen molar-refractivity contribution in [1.29, 1.82) is 0 Å². The molecule has 7 nitrogen and oxygen atoms in total. The summed E-state index contributed by atoms with van der Waals surface area (Å²) in [6, 6.07) is 8.02. The van der Waals surface area contributed by atoms with Gasteiger partial charge in [-0.2, -0.15) is 0 Å². The molecule has 0 N–H and O–H groups in total. The van der Waals surface area contributed by atoms with E-state index >= 15 is 0 Å². The van der Waals surface area contributed by atoms with Crippen LogP contribution in [0.4, 0.5) is 4.79 Å². The van der Waals surface area contributed by atoms with Crippen molar-refractivity contribution >= 4 is 18.0 Å². The van der Waals surface area contributed by atoms with Gasteiger partial charge >= 0.3 is 18.0 Å². The average Bonchev–Trinajstić information content (AvgIpc) is 3.02. The third-order valence-electron chi connectivity index (χ3n) is 4.23. The molecule has 1 saturated heterocycles. The molecule has 1 heterocycles. The molecule has 0 aromatic heterocycles. The first-order valence-corrected chi connectivity index (χ1v) is 9.00. The number of carbonyl (C=O) groups is 3. The SMILES string of the molecule is COC(=O)C[C@H]1CC[C@@H](C(=O)OC(C)(C)C)N1C(=O)OCc1ccccc1. The maximum Gasteiger partial charge on any atom is 0.411 e. The van der Waals surface area contributed by atoms with Crippen LogP contribution < -0.4 is 0 Å². The zero-order valence-electron chi connectivity index (χ0n) is 16.3. The quantitative estimate of drug-likeness (QED) is 0.579. The fourth-order valence-electron chi connectivity index (χ4n) is 3.03. The molecule has 1 aromatic carbocycles. The van der Waals surface area contributed by atoms with E-state index < -0.39 is 35.7 Å². The smallest absolute Gasteiger partial charge is 0.411 e. The number of amides is 1. The van der Waals surface area contributed by atoms with Crippen LogP contribution in [0.25, 0.3) is 0 Å². The molecule has 0 saturated carbocycles. The number of methoxy groups -OCH3 is 1. The molecule has 1 fully saturated rings. The number of ether oxygens (including phenoxy) is 3. The van der Waals surface area contributed by atoms with E-state index in [0.29, 0.717) is 12.8 Å². The summed E-state index contributed by atoms with van der Waals surface area (Å²) in [4.78, 5) is 38.3. The lowest BCUT2D eigenvalue weighted by molar-refractivity contribution is -0.160. The molecule has 1 aliphatic rings. The number of rotatable bonds is 5. The van der Waals surface area contributed by atoms with Gasteiger partial charge in [0.1, 0.15) is 18.2 Å². The highest BCUT2D eigenvalue weighted by Crippen LogP contribution is 2.29. The largest absolute Gasteiger partial charge is 0.469 e. The first-order valence-electron chi connectivity index (χ1n) is 9.00. The van der Waals surface area contributed by atoms with Crippen molar-refractivity contribution in [2.24, 2.45) is 0 Å². The molecule has 1 aromatic rings. The summed E-state index contributed by atoms with van der Waals surface area (Å²) in [7, 11) is 1.29. The van der Waals surface area contributed by atoms with E-state index in [4.69, 9.17) is 14.2 Å². The van der Waals surface area contributed by atoms with Crippen LogP contribution in [0.15, 0.2) is 30.3 Å². The van der Waals surface area contributed by atoms with Gasteiger partial charge in [0.25, 0.3) is 0 Å². The van der Waals surface area contributed by atoms with E-state index in [1.165, 1.54) is 12.0 Å². The zero-order valence-corrected chi connectivity index (χ0v) is 16.3. The Bertz CT molecular complexity index is 667. The summed E-state index contributed by atoms with van der Waals surface area (Å²) in [6.45, 7) is 5.39. The van der Waals surface area contributed by atoms with E-state index in [0.717, 1.165) is 5.56 Å². The van der Waals surface area contributed by atoms with Crippen molar-refractivity contribution in [1.82, 2.24) is 4.90 Å². The number of benzene rings is 1. The fraction of sp³-hybridized carbons (Fsp3) is 0.550. The molecule has 0 radical (unpaired) electrons. The van der Waals surface area contributed by atoms with Crippen molar-refractivity contribution in [3.63, 3.8) is 0 Å². The Kier molecular flexibility index (Phi) is 6.82. The second kappa shape index (κ2) is 8.88. The summed E-state index contributed by atoms with van der Waals surface area (Å²) >= 11 is 0. The predicted octanol–water partition coefficient (Wildman–Crippen LogP) is 3.06. The highest BCUT2D eigenvalue weighted by Gasteiger charge is 2.44. The van der Waals surface area contributed by atoms with E-state index in [1.54, 1.807) is 20.8 Å². The maximum atomic E-state index is 12.7. The molecule has 1 aliphatic heterocycles. The molecule has 27 heavy (non-hydrogen) atoms. The maximum absolute atomic E-state index is 12.7. The number of hydrogen-bond donors (Lipinski definition) is 0. The zero-order chi connectivity index (χ0) is 20.0. The first kappa shape index (κ1) is 20.7. The predicted molar refractivity (Wildman–Crippen MR) is 97.8 cm³/mol. The molecular formula is C20H27NO6. The van der Waals surface area contributed by atoms with Crippen LogP contribution in [0.1, 0.15) is 45.6 Å². The molecule has 0 spiro atoms. The van der Waals surface area contributed by atoms with Crippen LogP contribution in [-0.2, 0) is 30.4 Å². The minimum atomic E-state index is -0.776. The summed E-state index contributed by atoms with van der Waals surface area (Å²) in [5.41, 5.74) is 0.167. The topological polar surface area (TPSA) is 82.1 Å². The number of hydrogen-bond acceptors (Lipinski definition) is 6. The molecule has 2 rings (SSSR count). The average molecular weight is 377 g/mol. The second-order valence-corrected chi connectivity index (χ2v) is 7.51. The van der Waals surface area contributed by atoms with Crippen LogP contribution in [0, 0.1) is 0 Å². The fourth-order valence-corrected chi connectivity index (χ4v) is 3.03. The van der Waals surface area contributed by atoms with Crippen LogP contribution in [0.5, 0.6) is 0 Å². The van der Waals surface area contributed by atoms with E-state index in [1.807, 2.05) is 30.3 Å². The van der Waals surface area contributed by atoms with Crippen molar-refractivity contribution < 1.29 is 28.6 Å². The molecule has 7 heteroatoms. The Labute approximate surface area is 159 Å². The normalized spacial score (nSPS) is 19.5. The van der Waals surface area contributed by atoms with E-state index in [-0.39, 0.29) is 13.0 Å². The monoisotopic (exact) mass is 377 g/mol. The van der Waals surface area contributed by atoms with Gasteiger partial charge in [0.05, 0.1) is 13.5 Å². The Morgan fingerprint density at radius 2 is 1.78 bits per heavy atom. The Morgan fingerprint density at radius 1 is 1.11 bits per heavy atom. The summed E-state index contributed by atoms with van der Waals surface area (Å²) in [5.74, 6) is -0.933. The molecule has 2 atom stereocenters. The summed E-state index contributed by atoms with van der Waals surface area (Å²) in [5, 5.41) is 0. The number of carbonyl (C=O) groups excluding carboxylic acids is 3. The lowest BCUT2D eigenvalue weighted by atomic mass is 10.1. The second-order valence-electron chi connectivity index (χ2n) is 7.51. The van der Waals surface area contributed by atoms with Crippen LogP contribution in [0.2, 0.25) is 0 Å². The molecular weight excluding hydrogens is 350 g/mol. The molecule has 1 amide bonds. The minimum absolute atomic E-state index is 0.0102. The van der Waals surface area contributed by atoms with E-state index in [2.05, 4.69) is 0 Å². The van der Waals surface area contributed by atoms with Crippen molar-refractivity contribution in [2.45, 2.75) is 64.3 Å². The van der Waals surface area contributed by atoms with Gasteiger partial charge in [0.2, 0.25) is 0 Å². The summed E-state index contributed by atoms with van der Waals surface area (Å²) < 4.78 is 15.5. The van der Waals surface area contributed by atoms with Crippen LogP contribution in [-0.4, -0.2) is 47.7 Å². The number of likely N-dealkylation sites (tertiary alicyclic amines) is 1. The van der Waals surface area contributed by atoms with Gasteiger partial charge in [0, 0.05) is 6.04 Å². The first-order chi connectivity index (χ1) is 12.7. The van der Waals surface area contributed by atoms with Gasteiger partial charge in [0.15, 0.2) is 0 Å². The highest BCUT2D eigenvalue weighted by atomic mass is 16.6. The third kappa shape index (κ3) is 5.98. The lowest BCUT2D eigenvalue weighted by Gasteiger charge is -2.30. The van der Waals surface area contributed by atoms with E-state index in [9.17, 15) is 14.4 Å². The minimum Gasteiger partial charge on any atom is -0.469 e. The third-order valence-corrected chi connectivity index (χ3v) is 4.23. The van der Waals surface area contributed by atoms with Gasteiger partial charge < -0.3 is 14.2 Å². The number of nitrogens with zero attached hydrogens (tertiary/aromatic N) is 1. The van der Waals surface area contributed by atoms with Crippen molar-refractivity contribution in [3.05, 3.63) is 35.9 Å². The number of esters is 2. The standard InChI is InChI=1S/C20H27NO6/c1-20(2,3)27-18(23)16-11-10-15(12-17(22)25-4)21(16)19(24)26-13-14-8-6-5-7-9-14/h5-9,15-16H,10-13H2,1-4H3/t15-,16+/m1/s1. The Morgan fingerprint density at radius 3 is 2.37 bits per heavy atom. The van der Waals surface area contributed by atoms with Gasteiger partial charge in [-0.15, -0.1) is 0 Å². The van der Waals surface area contributed by atoms with Crippen LogP contribution in [0.3, 0.4) is 0 Å². The summed E-state index contributed by atoms with van der Waals surface area (Å²) in [6.07, 6.45) is 0.285. The Hall–Kier alpha value is -2.57. The van der Waals surface area contributed by atoms with Crippen LogP contribution >= 0.6 is 0 Å². The van der Waals surface area contributed by atoms with Gasteiger partial charge in [-0.1, -0.05) is 30.3 Å². The Balaban J connectivity index is 2.12.